The highest BCUT2D eigenvalue weighted by Crippen LogP contribution is 2.23. The first-order valence-corrected chi connectivity index (χ1v) is 7.66. The van der Waals surface area contributed by atoms with Crippen molar-refractivity contribution in [3.05, 3.63) is 0 Å². The highest BCUT2D eigenvalue weighted by molar-refractivity contribution is 4.81. The lowest BCUT2D eigenvalue weighted by Crippen LogP contribution is -2.45. The molecule has 1 rings (SSSR count). The van der Waals surface area contributed by atoms with Gasteiger partial charge in [-0.05, 0) is 25.7 Å². The number of ether oxygens (including phenoxy) is 2. The van der Waals surface area contributed by atoms with Crippen LogP contribution in [-0.4, -0.2) is 57.5 Å². The quantitative estimate of drug-likeness (QED) is 0.685. The minimum Gasteiger partial charge on any atom is -0.383 e. The standard InChI is InChI=1S/C15H32N2O2/c1-13(12-19-3)17(9-10-18-2)11-14-7-5-4-6-8-15(14)16/h13-15H,4-12,16H2,1-3H3. The van der Waals surface area contributed by atoms with Gasteiger partial charge in [0.25, 0.3) is 0 Å². The number of rotatable bonds is 8. The molecule has 1 aliphatic carbocycles. The number of nitrogens with zero attached hydrogens (tertiary/aromatic N) is 1. The molecule has 3 atom stereocenters. The van der Waals surface area contributed by atoms with E-state index >= 15 is 0 Å². The summed E-state index contributed by atoms with van der Waals surface area (Å²) in [6.07, 6.45) is 6.42. The van der Waals surface area contributed by atoms with Gasteiger partial charge >= 0.3 is 0 Å². The zero-order chi connectivity index (χ0) is 14.1. The summed E-state index contributed by atoms with van der Waals surface area (Å²) in [5.41, 5.74) is 6.34. The lowest BCUT2D eigenvalue weighted by atomic mass is 9.94. The Labute approximate surface area is 118 Å². The van der Waals surface area contributed by atoms with E-state index < -0.39 is 0 Å². The number of hydrogen-bond donors (Lipinski definition) is 1. The maximum Gasteiger partial charge on any atom is 0.0615 e. The minimum absolute atomic E-state index is 0.363. The fourth-order valence-corrected chi connectivity index (χ4v) is 2.99. The van der Waals surface area contributed by atoms with E-state index in [0.717, 1.165) is 26.3 Å². The average Bonchev–Trinajstić information content (AvgIpc) is 2.60. The van der Waals surface area contributed by atoms with Crippen molar-refractivity contribution in [1.82, 2.24) is 4.90 Å². The van der Waals surface area contributed by atoms with Crippen LogP contribution in [0.15, 0.2) is 0 Å². The zero-order valence-electron chi connectivity index (χ0n) is 12.9. The maximum atomic E-state index is 6.34. The molecule has 4 nitrogen and oxygen atoms in total. The molecule has 1 aliphatic rings. The molecule has 0 aromatic rings. The maximum absolute atomic E-state index is 6.34. The second-order valence-electron chi connectivity index (χ2n) is 5.85. The molecule has 1 fully saturated rings. The summed E-state index contributed by atoms with van der Waals surface area (Å²) in [5, 5.41) is 0. The van der Waals surface area contributed by atoms with Crippen LogP contribution in [0.25, 0.3) is 0 Å². The van der Waals surface area contributed by atoms with Crippen molar-refractivity contribution in [2.75, 3.05) is 40.5 Å². The molecule has 0 bridgehead atoms. The van der Waals surface area contributed by atoms with Gasteiger partial charge < -0.3 is 15.2 Å². The fraction of sp³-hybridized carbons (Fsp3) is 1.00. The molecule has 0 aromatic carbocycles. The summed E-state index contributed by atoms with van der Waals surface area (Å²) in [4.78, 5) is 2.48. The summed E-state index contributed by atoms with van der Waals surface area (Å²) >= 11 is 0. The second-order valence-corrected chi connectivity index (χ2v) is 5.85. The van der Waals surface area contributed by atoms with Crippen molar-refractivity contribution in [3.8, 4) is 0 Å². The van der Waals surface area contributed by atoms with Crippen molar-refractivity contribution in [3.63, 3.8) is 0 Å². The molecule has 1 saturated carbocycles. The molecule has 0 saturated heterocycles. The summed E-state index contributed by atoms with van der Waals surface area (Å²) in [6, 6.07) is 0.790. The lowest BCUT2D eigenvalue weighted by molar-refractivity contribution is 0.0610. The van der Waals surface area contributed by atoms with Crippen LogP contribution in [0.5, 0.6) is 0 Å². The molecule has 114 valence electrons. The first kappa shape index (κ1) is 16.9. The van der Waals surface area contributed by atoms with Gasteiger partial charge in [-0.15, -0.1) is 0 Å². The zero-order valence-corrected chi connectivity index (χ0v) is 12.9. The second kappa shape index (κ2) is 9.70. The van der Waals surface area contributed by atoms with Gasteiger partial charge in [0.1, 0.15) is 0 Å². The fourth-order valence-electron chi connectivity index (χ4n) is 2.99. The Balaban J connectivity index is 2.52. The molecule has 19 heavy (non-hydrogen) atoms. The number of methoxy groups -OCH3 is 2. The van der Waals surface area contributed by atoms with Crippen molar-refractivity contribution in [2.45, 2.75) is 51.1 Å². The predicted octanol–water partition coefficient (Wildman–Crippen LogP) is 1.88. The van der Waals surface area contributed by atoms with E-state index in [1.165, 1.54) is 32.1 Å². The van der Waals surface area contributed by atoms with E-state index in [9.17, 15) is 0 Å². The van der Waals surface area contributed by atoms with Crippen LogP contribution in [0.1, 0.15) is 39.0 Å². The highest BCUT2D eigenvalue weighted by atomic mass is 16.5. The van der Waals surface area contributed by atoms with Crippen molar-refractivity contribution >= 4 is 0 Å². The van der Waals surface area contributed by atoms with E-state index in [0.29, 0.717) is 18.0 Å². The van der Waals surface area contributed by atoms with Gasteiger partial charge in [-0.1, -0.05) is 19.3 Å². The Morgan fingerprint density at radius 3 is 2.58 bits per heavy atom. The van der Waals surface area contributed by atoms with Crippen LogP contribution in [0.2, 0.25) is 0 Å². The first-order chi connectivity index (χ1) is 9.19. The SMILES string of the molecule is COCCN(CC1CCCCCC1N)C(C)COC. The first-order valence-electron chi connectivity index (χ1n) is 7.66. The molecular formula is C15H32N2O2. The van der Waals surface area contributed by atoms with Gasteiger partial charge in [-0.25, -0.2) is 0 Å². The van der Waals surface area contributed by atoms with Gasteiger partial charge in [0, 0.05) is 39.4 Å². The summed E-state index contributed by atoms with van der Waals surface area (Å²) in [6.45, 7) is 5.81. The van der Waals surface area contributed by atoms with Crippen LogP contribution in [0.4, 0.5) is 0 Å². The molecule has 2 N–H and O–H groups in total. The predicted molar refractivity (Wildman–Crippen MR) is 79.3 cm³/mol. The smallest absolute Gasteiger partial charge is 0.0615 e. The highest BCUT2D eigenvalue weighted by Gasteiger charge is 2.24. The van der Waals surface area contributed by atoms with E-state index in [4.69, 9.17) is 15.2 Å². The van der Waals surface area contributed by atoms with Crippen molar-refractivity contribution in [1.29, 1.82) is 0 Å². The van der Waals surface area contributed by atoms with Gasteiger partial charge in [0.05, 0.1) is 13.2 Å². The molecule has 0 heterocycles. The van der Waals surface area contributed by atoms with Gasteiger partial charge in [-0.2, -0.15) is 0 Å². The van der Waals surface area contributed by atoms with E-state index in [1.54, 1.807) is 14.2 Å². The Kier molecular flexibility index (Phi) is 8.62. The summed E-state index contributed by atoms with van der Waals surface area (Å²) < 4.78 is 10.5. The van der Waals surface area contributed by atoms with Gasteiger partial charge in [0.15, 0.2) is 0 Å². The molecule has 4 heteroatoms. The lowest BCUT2D eigenvalue weighted by Gasteiger charge is -2.33. The third-order valence-corrected chi connectivity index (χ3v) is 4.30. The number of nitrogens with two attached hydrogens (primary N) is 1. The summed E-state index contributed by atoms with van der Waals surface area (Å²) in [5.74, 6) is 0.624. The van der Waals surface area contributed by atoms with E-state index in [-0.39, 0.29) is 0 Å². The monoisotopic (exact) mass is 272 g/mol. The Morgan fingerprint density at radius 2 is 1.89 bits per heavy atom. The van der Waals surface area contributed by atoms with E-state index in [1.807, 2.05) is 0 Å². The molecule has 0 radical (unpaired) electrons. The topological polar surface area (TPSA) is 47.7 Å². The average molecular weight is 272 g/mol. The minimum atomic E-state index is 0.363. The third-order valence-electron chi connectivity index (χ3n) is 4.30. The molecule has 0 spiro atoms. The van der Waals surface area contributed by atoms with Gasteiger partial charge in [0.2, 0.25) is 0 Å². The largest absolute Gasteiger partial charge is 0.383 e. The molecule has 0 aliphatic heterocycles. The molecule has 0 aromatic heterocycles. The van der Waals surface area contributed by atoms with Crippen molar-refractivity contribution in [2.24, 2.45) is 11.7 Å². The van der Waals surface area contributed by atoms with E-state index in [2.05, 4.69) is 11.8 Å². The molecule has 3 unspecified atom stereocenters. The number of hydrogen-bond acceptors (Lipinski definition) is 4. The van der Waals surface area contributed by atoms with Crippen molar-refractivity contribution < 1.29 is 9.47 Å². The van der Waals surface area contributed by atoms with Crippen LogP contribution in [0, 0.1) is 5.92 Å². The molecular weight excluding hydrogens is 240 g/mol. The molecule has 0 amide bonds. The Bertz CT molecular complexity index is 226. The van der Waals surface area contributed by atoms with Crippen LogP contribution in [-0.2, 0) is 9.47 Å². The Morgan fingerprint density at radius 1 is 1.16 bits per heavy atom. The third kappa shape index (κ3) is 6.21. The van der Waals surface area contributed by atoms with Gasteiger partial charge in [-0.3, -0.25) is 4.90 Å². The van der Waals surface area contributed by atoms with Crippen LogP contribution >= 0.6 is 0 Å². The summed E-state index contributed by atoms with van der Waals surface area (Å²) in [7, 11) is 3.53. The normalized spacial score (nSPS) is 26.4. The Hall–Kier alpha value is -0.160. The van der Waals surface area contributed by atoms with Crippen LogP contribution < -0.4 is 5.73 Å². The van der Waals surface area contributed by atoms with Crippen LogP contribution in [0.3, 0.4) is 0 Å².